The molecule has 12 heteroatoms. The van der Waals surface area contributed by atoms with Gasteiger partial charge in [0.1, 0.15) is 11.8 Å². The number of carbonyl (C=O) groups excluding carboxylic acids is 2. The monoisotopic (exact) mass is 636 g/mol. The standard InChI is InChI=1S/C34H39F3N6O3/c1-22(27-20-38-28-8-6-5-7-26(27)28)31(32(44)39-29-19-23(21-41(2)3)9-14-30(29)46-4)40-33(45)43-17-15-42(16-18-43)25-12-10-24(11-13-25)34(35,36)37/h5-14,19-20,22,31,38H,15-18,21H2,1-4H3,(H,39,44)(H,40,45)/t22-,31-/m1/s1. The van der Waals surface area contributed by atoms with Crippen LogP contribution in [0.3, 0.4) is 0 Å². The van der Waals surface area contributed by atoms with Gasteiger partial charge in [0, 0.05) is 61.4 Å². The number of carbonyl (C=O) groups is 2. The Balaban J connectivity index is 1.34. The van der Waals surface area contributed by atoms with Crippen molar-refractivity contribution in [1.82, 2.24) is 20.1 Å². The highest BCUT2D eigenvalue weighted by molar-refractivity contribution is 5.99. The lowest BCUT2D eigenvalue weighted by Gasteiger charge is -2.37. The van der Waals surface area contributed by atoms with Crippen LogP contribution in [0.15, 0.2) is 72.9 Å². The highest BCUT2D eigenvalue weighted by atomic mass is 19.4. The molecule has 244 valence electrons. The number of aromatic amines is 1. The summed E-state index contributed by atoms with van der Waals surface area (Å²) in [5.41, 5.74) is 3.25. The number of aromatic nitrogens is 1. The second-order valence-corrected chi connectivity index (χ2v) is 11.8. The molecule has 3 N–H and O–H groups in total. The van der Waals surface area contributed by atoms with Crippen LogP contribution < -0.4 is 20.3 Å². The number of anilines is 2. The Morgan fingerprint density at radius 1 is 1.00 bits per heavy atom. The summed E-state index contributed by atoms with van der Waals surface area (Å²) < 4.78 is 44.6. The van der Waals surface area contributed by atoms with E-state index < -0.39 is 35.6 Å². The summed E-state index contributed by atoms with van der Waals surface area (Å²) in [6, 6.07) is 17.1. The van der Waals surface area contributed by atoms with Crippen molar-refractivity contribution in [3.05, 3.63) is 89.6 Å². The average molecular weight is 637 g/mol. The van der Waals surface area contributed by atoms with Crippen molar-refractivity contribution in [3.63, 3.8) is 0 Å². The summed E-state index contributed by atoms with van der Waals surface area (Å²) in [7, 11) is 5.45. The van der Waals surface area contributed by atoms with Gasteiger partial charge >= 0.3 is 12.2 Å². The molecule has 2 heterocycles. The summed E-state index contributed by atoms with van der Waals surface area (Å²) in [5, 5.41) is 6.95. The van der Waals surface area contributed by atoms with Gasteiger partial charge < -0.3 is 35.1 Å². The van der Waals surface area contributed by atoms with Gasteiger partial charge in [0.05, 0.1) is 18.4 Å². The second kappa shape index (κ2) is 13.7. The lowest BCUT2D eigenvalue weighted by molar-refractivity contribution is -0.137. The molecule has 0 spiro atoms. The fourth-order valence-corrected chi connectivity index (χ4v) is 5.85. The topological polar surface area (TPSA) is 92.9 Å². The number of H-pyrrole nitrogens is 1. The molecule has 46 heavy (non-hydrogen) atoms. The molecule has 2 atom stereocenters. The molecule has 0 saturated carbocycles. The SMILES string of the molecule is COc1ccc(CN(C)C)cc1NC(=O)[C@H](NC(=O)N1CCN(c2ccc(C(F)(F)F)cc2)CC1)[C@H](C)c1c[nH]c2ccccc12. The van der Waals surface area contributed by atoms with E-state index in [2.05, 4.69) is 15.6 Å². The van der Waals surface area contributed by atoms with E-state index >= 15 is 0 Å². The molecule has 5 rings (SSSR count). The Morgan fingerprint density at radius 3 is 2.35 bits per heavy atom. The number of ether oxygens (including phenoxy) is 1. The smallest absolute Gasteiger partial charge is 0.416 e. The van der Waals surface area contributed by atoms with Crippen LogP contribution in [-0.4, -0.2) is 80.1 Å². The van der Waals surface area contributed by atoms with Gasteiger partial charge in [0.2, 0.25) is 5.91 Å². The Hall–Kier alpha value is -4.71. The first-order valence-corrected chi connectivity index (χ1v) is 15.1. The second-order valence-electron chi connectivity index (χ2n) is 11.8. The third kappa shape index (κ3) is 7.39. The number of hydrogen-bond donors (Lipinski definition) is 3. The normalized spacial score (nSPS) is 15.1. The number of fused-ring (bicyclic) bond motifs is 1. The first kappa shape index (κ1) is 32.7. The molecule has 4 aromatic rings. The van der Waals surface area contributed by atoms with Crippen LogP contribution in [-0.2, 0) is 17.5 Å². The van der Waals surface area contributed by atoms with Crippen LogP contribution in [0, 0.1) is 0 Å². The van der Waals surface area contributed by atoms with E-state index in [1.165, 1.54) is 19.2 Å². The predicted molar refractivity (Wildman–Crippen MR) is 173 cm³/mol. The number of piperazine rings is 1. The first-order valence-electron chi connectivity index (χ1n) is 15.1. The molecule has 9 nitrogen and oxygen atoms in total. The molecule has 0 aliphatic carbocycles. The molecule has 1 aliphatic heterocycles. The van der Waals surface area contributed by atoms with E-state index in [1.54, 1.807) is 11.0 Å². The van der Waals surface area contributed by atoms with E-state index in [0.717, 1.165) is 34.2 Å². The van der Waals surface area contributed by atoms with Gasteiger partial charge in [-0.1, -0.05) is 31.2 Å². The number of halogens is 3. The minimum absolute atomic E-state index is 0.336. The van der Waals surface area contributed by atoms with E-state index in [-0.39, 0.29) is 0 Å². The fourth-order valence-electron chi connectivity index (χ4n) is 5.85. The zero-order chi connectivity index (χ0) is 33.0. The first-order chi connectivity index (χ1) is 21.9. The molecule has 1 aliphatic rings. The maximum absolute atomic E-state index is 14.0. The van der Waals surface area contributed by atoms with Crippen LogP contribution in [0.25, 0.3) is 10.9 Å². The van der Waals surface area contributed by atoms with Crippen molar-refractivity contribution >= 4 is 34.2 Å². The molecule has 0 unspecified atom stereocenters. The summed E-state index contributed by atoms with van der Waals surface area (Å²) in [4.78, 5) is 36.5. The molecular weight excluding hydrogens is 597 g/mol. The van der Waals surface area contributed by atoms with Gasteiger partial charge in [-0.15, -0.1) is 0 Å². The van der Waals surface area contributed by atoms with E-state index in [4.69, 9.17) is 4.74 Å². The summed E-state index contributed by atoms with van der Waals surface area (Å²) in [6.45, 7) is 4.11. The zero-order valence-corrected chi connectivity index (χ0v) is 26.3. The van der Waals surface area contributed by atoms with Gasteiger partial charge in [-0.25, -0.2) is 4.79 Å². The molecule has 1 saturated heterocycles. The highest BCUT2D eigenvalue weighted by Gasteiger charge is 2.33. The van der Waals surface area contributed by atoms with Crippen molar-refractivity contribution in [1.29, 1.82) is 0 Å². The predicted octanol–water partition coefficient (Wildman–Crippen LogP) is 5.90. The van der Waals surface area contributed by atoms with Gasteiger partial charge in [0.25, 0.3) is 0 Å². The molecule has 1 aromatic heterocycles. The maximum atomic E-state index is 14.0. The Kier molecular flexibility index (Phi) is 9.76. The third-order valence-corrected chi connectivity index (χ3v) is 8.32. The minimum atomic E-state index is -4.40. The third-order valence-electron chi connectivity index (χ3n) is 8.32. The van der Waals surface area contributed by atoms with Crippen molar-refractivity contribution in [2.24, 2.45) is 0 Å². The number of alkyl halides is 3. The van der Waals surface area contributed by atoms with Crippen LogP contribution in [0.1, 0.15) is 29.5 Å². The van der Waals surface area contributed by atoms with Gasteiger partial charge in [-0.05, 0) is 67.7 Å². The van der Waals surface area contributed by atoms with Crippen LogP contribution in [0.4, 0.5) is 29.3 Å². The minimum Gasteiger partial charge on any atom is -0.495 e. The van der Waals surface area contributed by atoms with E-state index in [9.17, 15) is 22.8 Å². The molecule has 0 bridgehead atoms. The number of benzene rings is 3. The number of nitrogens with one attached hydrogen (secondary N) is 3. The summed E-state index contributed by atoms with van der Waals surface area (Å²) >= 11 is 0. The Labute approximate surface area is 266 Å². The number of para-hydroxylation sites is 1. The largest absolute Gasteiger partial charge is 0.495 e. The molecule has 3 amide bonds. The summed E-state index contributed by atoms with van der Waals surface area (Å²) in [6.07, 6.45) is -2.54. The molecule has 3 aromatic carbocycles. The lowest BCUT2D eigenvalue weighted by atomic mass is 9.92. The maximum Gasteiger partial charge on any atom is 0.416 e. The van der Waals surface area contributed by atoms with Gasteiger partial charge in [0.15, 0.2) is 0 Å². The van der Waals surface area contributed by atoms with E-state index in [1.807, 2.05) is 73.4 Å². The average Bonchev–Trinajstić information content (AvgIpc) is 3.47. The van der Waals surface area contributed by atoms with Crippen molar-refractivity contribution < 1.29 is 27.5 Å². The van der Waals surface area contributed by atoms with Crippen LogP contribution in [0.5, 0.6) is 5.75 Å². The van der Waals surface area contributed by atoms with Gasteiger partial charge in [-0.2, -0.15) is 13.2 Å². The fraction of sp³-hybridized carbons (Fsp3) is 0.353. The number of urea groups is 1. The summed E-state index contributed by atoms with van der Waals surface area (Å²) in [5.74, 6) is -0.306. The van der Waals surface area contributed by atoms with Crippen LogP contribution in [0.2, 0.25) is 0 Å². The van der Waals surface area contributed by atoms with Crippen molar-refractivity contribution in [2.45, 2.75) is 31.6 Å². The van der Waals surface area contributed by atoms with Crippen LogP contribution >= 0.6 is 0 Å². The Bertz CT molecular complexity index is 1660. The number of methoxy groups -OCH3 is 1. The number of rotatable bonds is 9. The van der Waals surface area contributed by atoms with E-state index in [0.29, 0.717) is 49.8 Å². The molecule has 1 fully saturated rings. The molecule has 0 radical (unpaired) electrons. The number of amides is 3. The highest BCUT2D eigenvalue weighted by Crippen LogP contribution is 2.32. The van der Waals surface area contributed by atoms with Gasteiger partial charge in [-0.3, -0.25) is 4.79 Å². The zero-order valence-electron chi connectivity index (χ0n) is 26.3. The Morgan fingerprint density at radius 2 is 1.70 bits per heavy atom. The lowest BCUT2D eigenvalue weighted by Crippen LogP contribution is -2.56. The van der Waals surface area contributed by atoms with Crippen molar-refractivity contribution in [3.8, 4) is 5.75 Å². The molecular formula is C34H39F3N6O3. The van der Waals surface area contributed by atoms with Crippen molar-refractivity contribution in [2.75, 3.05) is 57.6 Å². The number of nitrogens with zero attached hydrogens (tertiary/aromatic N) is 3. The number of hydrogen-bond acceptors (Lipinski definition) is 5. The quantitative estimate of drug-likeness (QED) is 0.213.